The van der Waals surface area contributed by atoms with Crippen molar-refractivity contribution in [3.05, 3.63) is 42.0 Å². The molecule has 21 heavy (non-hydrogen) atoms. The molecule has 110 valence electrons. The van der Waals surface area contributed by atoms with Crippen molar-refractivity contribution in [2.75, 3.05) is 0 Å². The Morgan fingerprint density at radius 2 is 1.67 bits per heavy atom. The van der Waals surface area contributed by atoms with Crippen molar-refractivity contribution in [3.8, 4) is 0 Å². The van der Waals surface area contributed by atoms with E-state index in [9.17, 15) is 0 Å². The minimum absolute atomic E-state index is 0.303. The topological polar surface area (TPSA) is 18.5 Å². The smallest absolute Gasteiger partial charge is 0.399 e. The largest absolute Gasteiger partial charge is 0.494 e. The van der Waals surface area contributed by atoms with Gasteiger partial charge in [0.2, 0.25) is 0 Å². The van der Waals surface area contributed by atoms with E-state index in [1.165, 1.54) is 16.3 Å². The molecule has 2 aromatic carbocycles. The maximum atomic E-state index is 6.14. The summed E-state index contributed by atoms with van der Waals surface area (Å²) in [6.07, 6.45) is 0. The number of fused-ring (bicyclic) bond motifs is 1. The zero-order chi connectivity index (χ0) is 15.3. The maximum Gasteiger partial charge on any atom is 0.494 e. The summed E-state index contributed by atoms with van der Waals surface area (Å²) in [4.78, 5) is 0. The van der Waals surface area contributed by atoms with E-state index in [1.807, 2.05) is 0 Å². The van der Waals surface area contributed by atoms with Crippen LogP contribution >= 0.6 is 15.9 Å². The van der Waals surface area contributed by atoms with Crippen molar-refractivity contribution in [1.29, 1.82) is 0 Å². The van der Waals surface area contributed by atoms with Gasteiger partial charge in [0.1, 0.15) is 0 Å². The van der Waals surface area contributed by atoms with Gasteiger partial charge >= 0.3 is 7.12 Å². The third kappa shape index (κ3) is 2.54. The third-order valence-corrected chi connectivity index (χ3v) is 5.27. The lowest BCUT2D eigenvalue weighted by Crippen LogP contribution is -2.41. The lowest BCUT2D eigenvalue weighted by Gasteiger charge is -2.32. The van der Waals surface area contributed by atoms with Crippen LogP contribution in [-0.4, -0.2) is 18.3 Å². The van der Waals surface area contributed by atoms with Crippen LogP contribution in [0.2, 0.25) is 0 Å². The highest BCUT2D eigenvalue weighted by atomic mass is 79.9. The van der Waals surface area contributed by atoms with Gasteiger partial charge in [-0.15, -0.1) is 0 Å². The summed E-state index contributed by atoms with van der Waals surface area (Å²) >= 11 is 3.56. The number of hydrogen-bond donors (Lipinski definition) is 0. The molecule has 1 aliphatic rings. The Morgan fingerprint density at radius 3 is 2.29 bits per heavy atom. The predicted octanol–water partition coefficient (Wildman–Crippen LogP) is 4.03. The Bertz CT molecular complexity index is 666. The molecule has 0 aliphatic carbocycles. The molecule has 3 rings (SSSR count). The van der Waals surface area contributed by atoms with Gasteiger partial charge in [-0.1, -0.05) is 52.3 Å². The average molecular weight is 347 g/mol. The fourth-order valence-electron chi connectivity index (χ4n) is 2.60. The van der Waals surface area contributed by atoms with Crippen LogP contribution in [0.4, 0.5) is 0 Å². The molecule has 0 saturated carbocycles. The van der Waals surface area contributed by atoms with Gasteiger partial charge in [-0.3, -0.25) is 0 Å². The van der Waals surface area contributed by atoms with Gasteiger partial charge in [0, 0.05) is 5.33 Å². The van der Waals surface area contributed by atoms with Crippen LogP contribution in [0, 0.1) is 0 Å². The van der Waals surface area contributed by atoms with Crippen molar-refractivity contribution in [3.63, 3.8) is 0 Å². The lowest BCUT2D eigenvalue weighted by molar-refractivity contribution is 0.00578. The minimum atomic E-state index is -0.304. The van der Waals surface area contributed by atoms with Crippen LogP contribution in [0.25, 0.3) is 10.8 Å². The summed E-state index contributed by atoms with van der Waals surface area (Å²) in [5.41, 5.74) is 1.75. The molecular weight excluding hydrogens is 327 g/mol. The van der Waals surface area contributed by atoms with Gasteiger partial charge in [-0.25, -0.2) is 0 Å². The summed E-state index contributed by atoms with van der Waals surface area (Å²) in [6, 6.07) is 12.8. The SMILES string of the molecule is CC1(C)OB(c2ccc3cccc(CBr)c3c2)OC1(C)C. The molecule has 0 spiro atoms. The second kappa shape index (κ2) is 5.11. The van der Waals surface area contributed by atoms with Crippen LogP contribution in [-0.2, 0) is 14.6 Å². The van der Waals surface area contributed by atoms with E-state index in [-0.39, 0.29) is 18.3 Å². The molecule has 1 fully saturated rings. The number of hydrogen-bond acceptors (Lipinski definition) is 2. The van der Waals surface area contributed by atoms with Crippen LogP contribution in [0.5, 0.6) is 0 Å². The Morgan fingerprint density at radius 1 is 1.00 bits per heavy atom. The molecule has 2 aromatic rings. The standard InChI is InChI=1S/C17H20BBrO2/c1-16(2)17(3,4)21-18(20-16)14-9-8-12-6-5-7-13(11-19)15(12)10-14/h5-10H,11H2,1-4H3. The zero-order valence-electron chi connectivity index (χ0n) is 12.9. The monoisotopic (exact) mass is 346 g/mol. The van der Waals surface area contributed by atoms with Gasteiger partial charge in [0.15, 0.2) is 0 Å². The average Bonchev–Trinajstić information content (AvgIpc) is 2.66. The van der Waals surface area contributed by atoms with Gasteiger partial charge in [-0.2, -0.15) is 0 Å². The van der Waals surface area contributed by atoms with E-state index < -0.39 is 0 Å². The maximum absolute atomic E-state index is 6.14. The van der Waals surface area contributed by atoms with Crippen LogP contribution in [0.15, 0.2) is 36.4 Å². The lowest BCUT2D eigenvalue weighted by atomic mass is 9.78. The van der Waals surface area contributed by atoms with Crippen LogP contribution < -0.4 is 5.46 Å². The molecule has 0 bridgehead atoms. The van der Waals surface area contributed by atoms with Crippen molar-refractivity contribution < 1.29 is 9.31 Å². The first-order valence-electron chi connectivity index (χ1n) is 7.27. The second-order valence-corrected chi connectivity index (χ2v) is 7.18. The molecule has 2 nitrogen and oxygen atoms in total. The number of rotatable bonds is 2. The van der Waals surface area contributed by atoms with E-state index in [0.717, 1.165) is 10.8 Å². The van der Waals surface area contributed by atoms with E-state index in [2.05, 4.69) is 80.0 Å². The minimum Gasteiger partial charge on any atom is -0.399 e. The van der Waals surface area contributed by atoms with E-state index in [1.54, 1.807) is 0 Å². The van der Waals surface area contributed by atoms with Crippen molar-refractivity contribution in [1.82, 2.24) is 0 Å². The molecule has 0 radical (unpaired) electrons. The van der Waals surface area contributed by atoms with Gasteiger partial charge < -0.3 is 9.31 Å². The molecule has 0 N–H and O–H groups in total. The van der Waals surface area contributed by atoms with Gasteiger partial charge in [0.25, 0.3) is 0 Å². The molecule has 1 saturated heterocycles. The summed E-state index contributed by atoms with van der Waals surface area (Å²) in [6.45, 7) is 8.33. The van der Waals surface area contributed by atoms with Crippen molar-refractivity contribution in [2.45, 2.75) is 44.2 Å². The highest BCUT2D eigenvalue weighted by Gasteiger charge is 2.51. The van der Waals surface area contributed by atoms with Crippen molar-refractivity contribution >= 4 is 39.3 Å². The second-order valence-electron chi connectivity index (χ2n) is 6.62. The third-order valence-electron chi connectivity index (χ3n) is 4.67. The summed E-state index contributed by atoms with van der Waals surface area (Å²) in [5, 5.41) is 3.34. The Hall–Kier alpha value is -0.835. The molecule has 0 amide bonds. The summed E-state index contributed by atoms with van der Waals surface area (Å²) in [5.74, 6) is 0. The predicted molar refractivity (Wildman–Crippen MR) is 92.3 cm³/mol. The van der Waals surface area contributed by atoms with Gasteiger partial charge in [-0.05, 0) is 49.5 Å². The first-order valence-corrected chi connectivity index (χ1v) is 8.39. The normalized spacial score (nSPS) is 20.1. The molecule has 4 heteroatoms. The molecular formula is C17H20BBrO2. The Labute approximate surface area is 135 Å². The van der Waals surface area contributed by atoms with Crippen LogP contribution in [0.3, 0.4) is 0 Å². The number of halogens is 1. The first kappa shape index (κ1) is 15.1. The molecule has 0 unspecified atom stereocenters. The van der Waals surface area contributed by atoms with Crippen LogP contribution in [0.1, 0.15) is 33.3 Å². The number of alkyl halides is 1. The molecule has 0 atom stereocenters. The molecule has 1 heterocycles. The Kier molecular flexibility index (Phi) is 3.67. The van der Waals surface area contributed by atoms with E-state index >= 15 is 0 Å². The van der Waals surface area contributed by atoms with E-state index in [0.29, 0.717) is 0 Å². The van der Waals surface area contributed by atoms with E-state index in [4.69, 9.17) is 9.31 Å². The van der Waals surface area contributed by atoms with Crippen molar-refractivity contribution in [2.24, 2.45) is 0 Å². The van der Waals surface area contributed by atoms with Gasteiger partial charge in [0.05, 0.1) is 11.2 Å². The summed E-state index contributed by atoms with van der Waals surface area (Å²) in [7, 11) is -0.303. The first-order chi connectivity index (χ1) is 9.84. The highest BCUT2D eigenvalue weighted by Crippen LogP contribution is 2.36. The Balaban J connectivity index is 2.03. The summed E-state index contributed by atoms with van der Waals surface area (Å²) < 4.78 is 12.3. The number of benzene rings is 2. The molecule has 0 aromatic heterocycles. The zero-order valence-corrected chi connectivity index (χ0v) is 14.5. The highest BCUT2D eigenvalue weighted by molar-refractivity contribution is 9.08. The quantitative estimate of drug-likeness (QED) is 0.603. The fourth-order valence-corrected chi connectivity index (χ4v) is 3.09. The molecule has 1 aliphatic heterocycles. The fraction of sp³-hybridized carbons (Fsp3) is 0.412.